The molecule has 0 spiro atoms. The summed E-state index contributed by atoms with van der Waals surface area (Å²) in [6, 6.07) is -0.338. The Balaban J connectivity index is 0. The minimum atomic E-state index is -0.706. The molecule has 0 bridgehead atoms. The van der Waals surface area contributed by atoms with E-state index in [1.54, 1.807) is 27.9 Å². The molecule has 0 rings (SSSR count). The fourth-order valence-corrected chi connectivity index (χ4v) is 1.52. The van der Waals surface area contributed by atoms with Crippen LogP contribution in [0.3, 0.4) is 0 Å². The minimum absolute atomic E-state index is 0. The van der Waals surface area contributed by atoms with Crippen LogP contribution in [0.15, 0.2) is 0 Å². The zero-order chi connectivity index (χ0) is 12.9. The maximum atomic E-state index is 11.6. The Morgan fingerprint density at radius 3 is 2.12 bits per heavy atom. The van der Waals surface area contributed by atoms with Gasteiger partial charge >= 0.3 is 0 Å². The van der Waals surface area contributed by atoms with Gasteiger partial charge in [0.2, 0.25) is 11.8 Å². The second kappa shape index (κ2) is 9.30. The number of hydrogen-bond acceptors (Lipinski definition) is 3. The number of amides is 2. The van der Waals surface area contributed by atoms with Crippen LogP contribution in [0, 0.1) is 50.0 Å². The second-order valence-electron chi connectivity index (χ2n) is 4.43. The van der Waals surface area contributed by atoms with Crippen molar-refractivity contribution in [3.8, 4) is 0 Å². The van der Waals surface area contributed by atoms with Gasteiger partial charge in [-0.2, -0.15) is 0 Å². The quantitative estimate of drug-likeness (QED) is 0.611. The Bertz CT molecular complexity index is 259. The standard InChI is InChI=1S/C11H22N2O3.Ac/c1-7(11(16)13(4)5)6-10(15)8(2)12-9(3)14;/h7-8,10,15H,6H2,1-5H3,(H,12,14);. The number of aliphatic hydroxyl groups excluding tert-OH is 1. The summed E-state index contributed by atoms with van der Waals surface area (Å²) in [6.45, 7) is 4.89. The van der Waals surface area contributed by atoms with Gasteiger partial charge < -0.3 is 15.3 Å². The Hall–Kier alpha value is 0.342. The molecule has 0 aromatic heterocycles. The summed E-state index contributed by atoms with van der Waals surface area (Å²) in [5.41, 5.74) is 0. The third-order valence-electron chi connectivity index (χ3n) is 2.47. The van der Waals surface area contributed by atoms with Crippen molar-refractivity contribution in [3.05, 3.63) is 0 Å². The summed E-state index contributed by atoms with van der Waals surface area (Å²) < 4.78 is 0. The van der Waals surface area contributed by atoms with Crippen molar-refractivity contribution in [2.75, 3.05) is 14.1 Å². The molecule has 0 fully saturated rings. The van der Waals surface area contributed by atoms with Crippen LogP contribution >= 0.6 is 0 Å². The van der Waals surface area contributed by atoms with Gasteiger partial charge in [0.15, 0.2) is 0 Å². The first-order valence-corrected chi connectivity index (χ1v) is 5.42. The molecule has 3 atom stereocenters. The number of rotatable bonds is 5. The van der Waals surface area contributed by atoms with Crippen LogP contribution in [0.25, 0.3) is 0 Å². The smallest absolute Gasteiger partial charge is 0.224 e. The molecule has 0 saturated heterocycles. The number of aliphatic hydroxyl groups is 1. The summed E-state index contributed by atoms with van der Waals surface area (Å²) in [5, 5.41) is 12.4. The first-order chi connectivity index (χ1) is 7.25. The van der Waals surface area contributed by atoms with Crippen LogP contribution in [0.5, 0.6) is 0 Å². The molecule has 2 N–H and O–H groups in total. The van der Waals surface area contributed by atoms with Crippen LogP contribution in [0.1, 0.15) is 27.2 Å². The van der Waals surface area contributed by atoms with Crippen LogP contribution in [-0.4, -0.2) is 48.1 Å². The molecule has 17 heavy (non-hydrogen) atoms. The number of nitrogens with one attached hydrogen (secondary N) is 1. The normalized spacial score (nSPS) is 15.2. The SMILES string of the molecule is CC(=O)NC(C)C(O)CC(C)C(=O)N(C)C.[Ac]. The van der Waals surface area contributed by atoms with Gasteiger partial charge in [0.1, 0.15) is 0 Å². The molecule has 0 aliphatic carbocycles. The topological polar surface area (TPSA) is 69.6 Å². The Labute approximate surface area is 139 Å². The predicted octanol–water partition coefficient (Wildman–Crippen LogP) is -0.0137. The average molecular weight is 457 g/mol. The van der Waals surface area contributed by atoms with Crippen molar-refractivity contribution >= 4 is 11.8 Å². The van der Waals surface area contributed by atoms with E-state index in [9.17, 15) is 14.7 Å². The third-order valence-corrected chi connectivity index (χ3v) is 2.47. The van der Waals surface area contributed by atoms with Gasteiger partial charge in [-0.15, -0.1) is 0 Å². The van der Waals surface area contributed by atoms with E-state index in [0.717, 1.165) is 0 Å². The molecule has 0 aliphatic heterocycles. The number of hydrogen-bond donors (Lipinski definition) is 2. The van der Waals surface area contributed by atoms with E-state index in [-0.39, 0.29) is 67.8 Å². The molecule has 5 nitrogen and oxygen atoms in total. The zero-order valence-electron chi connectivity index (χ0n) is 11.2. The van der Waals surface area contributed by atoms with E-state index in [1.807, 2.05) is 0 Å². The first-order valence-electron chi connectivity index (χ1n) is 5.42. The van der Waals surface area contributed by atoms with E-state index in [4.69, 9.17) is 0 Å². The molecular weight excluding hydrogens is 435 g/mol. The van der Waals surface area contributed by atoms with Crippen LogP contribution in [0.4, 0.5) is 0 Å². The third kappa shape index (κ3) is 8.12. The molecule has 0 aromatic rings. The Morgan fingerprint density at radius 2 is 1.76 bits per heavy atom. The Morgan fingerprint density at radius 1 is 1.29 bits per heavy atom. The van der Waals surface area contributed by atoms with E-state index in [2.05, 4.69) is 5.32 Å². The van der Waals surface area contributed by atoms with Crippen molar-refractivity contribution < 1.29 is 58.8 Å². The summed E-state index contributed by atoms with van der Waals surface area (Å²) in [6.07, 6.45) is -0.360. The van der Waals surface area contributed by atoms with Gasteiger partial charge in [-0.05, 0) is 13.3 Å². The van der Waals surface area contributed by atoms with E-state index < -0.39 is 6.10 Å². The van der Waals surface area contributed by atoms with E-state index in [0.29, 0.717) is 6.42 Å². The van der Waals surface area contributed by atoms with Gasteiger partial charge in [0, 0.05) is 71.0 Å². The summed E-state index contributed by atoms with van der Waals surface area (Å²) in [5.74, 6) is -0.451. The van der Waals surface area contributed by atoms with Gasteiger partial charge in [-0.1, -0.05) is 6.92 Å². The monoisotopic (exact) mass is 457 g/mol. The first kappa shape index (κ1) is 19.7. The molecule has 97 valence electrons. The van der Waals surface area contributed by atoms with Crippen LogP contribution in [0.2, 0.25) is 0 Å². The number of carbonyl (C=O) groups excluding carboxylic acids is 2. The molecule has 0 aliphatic rings. The Kier molecular flexibility index (Phi) is 10.8. The zero-order valence-corrected chi connectivity index (χ0v) is 16.0. The summed E-state index contributed by atoms with van der Waals surface area (Å²) in [4.78, 5) is 23.8. The van der Waals surface area contributed by atoms with E-state index in [1.165, 1.54) is 11.8 Å². The fourth-order valence-electron chi connectivity index (χ4n) is 1.52. The second-order valence-corrected chi connectivity index (χ2v) is 4.43. The maximum absolute atomic E-state index is 11.6. The maximum Gasteiger partial charge on any atom is 0.224 e. The van der Waals surface area contributed by atoms with Crippen molar-refractivity contribution in [1.29, 1.82) is 0 Å². The summed E-state index contributed by atoms with van der Waals surface area (Å²) >= 11 is 0. The van der Waals surface area contributed by atoms with Gasteiger partial charge in [0.25, 0.3) is 0 Å². The average Bonchev–Trinajstić information content (AvgIpc) is 2.14. The van der Waals surface area contributed by atoms with Crippen LogP contribution in [-0.2, 0) is 9.59 Å². The molecule has 1 radical (unpaired) electrons. The molecule has 0 aromatic carbocycles. The van der Waals surface area contributed by atoms with Crippen molar-refractivity contribution in [2.24, 2.45) is 5.92 Å². The van der Waals surface area contributed by atoms with Crippen molar-refractivity contribution in [3.63, 3.8) is 0 Å². The van der Waals surface area contributed by atoms with Crippen LogP contribution < -0.4 is 5.32 Å². The molecule has 6 heteroatoms. The van der Waals surface area contributed by atoms with Crippen molar-refractivity contribution in [2.45, 2.75) is 39.3 Å². The molecular formula is C11H22AcN2O3. The number of carbonyl (C=O) groups is 2. The largest absolute Gasteiger partial charge is 0.391 e. The van der Waals surface area contributed by atoms with Crippen molar-refractivity contribution in [1.82, 2.24) is 10.2 Å². The van der Waals surface area contributed by atoms with Gasteiger partial charge in [-0.3, -0.25) is 9.59 Å². The minimum Gasteiger partial charge on any atom is -0.391 e. The molecule has 3 unspecified atom stereocenters. The predicted molar refractivity (Wildman–Crippen MR) is 61.8 cm³/mol. The molecule has 0 saturated carbocycles. The van der Waals surface area contributed by atoms with Gasteiger partial charge in [0.05, 0.1) is 12.1 Å². The fraction of sp³-hybridized carbons (Fsp3) is 0.818. The van der Waals surface area contributed by atoms with Gasteiger partial charge in [-0.25, -0.2) is 0 Å². The summed E-state index contributed by atoms with van der Waals surface area (Å²) in [7, 11) is 3.37. The molecule has 0 heterocycles. The number of nitrogens with zero attached hydrogens (tertiary/aromatic N) is 1. The molecule has 2 amide bonds. The van der Waals surface area contributed by atoms with E-state index >= 15 is 0 Å².